The van der Waals surface area contributed by atoms with E-state index in [4.69, 9.17) is 17.3 Å². The summed E-state index contributed by atoms with van der Waals surface area (Å²) in [7, 11) is 0. The van der Waals surface area contributed by atoms with Crippen molar-refractivity contribution in [1.29, 1.82) is 0 Å². The normalized spacial score (nSPS) is 15.4. The van der Waals surface area contributed by atoms with Gasteiger partial charge >= 0.3 is 0 Å². The summed E-state index contributed by atoms with van der Waals surface area (Å²) in [5, 5.41) is 3.57. The highest BCUT2D eigenvalue weighted by atomic mass is 35.5. The molecule has 0 aromatic heterocycles. The first-order valence-electron chi connectivity index (χ1n) is 7.77. The van der Waals surface area contributed by atoms with Gasteiger partial charge in [0.05, 0.1) is 10.7 Å². The van der Waals surface area contributed by atoms with Crippen molar-refractivity contribution in [2.24, 2.45) is 5.73 Å². The van der Waals surface area contributed by atoms with Crippen molar-refractivity contribution in [2.45, 2.75) is 18.9 Å². The van der Waals surface area contributed by atoms with Crippen LogP contribution in [0.15, 0.2) is 48.5 Å². The van der Waals surface area contributed by atoms with E-state index in [1.165, 1.54) is 0 Å². The van der Waals surface area contributed by atoms with E-state index in [0.29, 0.717) is 29.4 Å². The van der Waals surface area contributed by atoms with E-state index in [0.717, 1.165) is 12.0 Å². The minimum atomic E-state index is -0.651. The molecule has 1 heterocycles. The Morgan fingerprint density at radius 3 is 2.54 bits per heavy atom. The molecular formula is C18H18ClN3O2. The molecule has 24 heavy (non-hydrogen) atoms. The molecule has 1 fully saturated rings. The van der Waals surface area contributed by atoms with Crippen LogP contribution in [0, 0.1) is 0 Å². The highest BCUT2D eigenvalue weighted by Crippen LogP contribution is 2.32. The van der Waals surface area contributed by atoms with E-state index in [-0.39, 0.29) is 5.91 Å². The first-order chi connectivity index (χ1) is 11.6. The van der Waals surface area contributed by atoms with Gasteiger partial charge in [-0.15, -0.1) is 0 Å². The molecule has 2 aromatic rings. The number of halogens is 1. The summed E-state index contributed by atoms with van der Waals surface area (Å²) in [5.41, 5.74) is 7.66. The van der Waals surface area contributed by atoms with E-state index in [1.54, 1.807) is 23.1 Å². The SMILES string of the molecule is NC(=O)C(Nc1ccc(N2CCCC2=O)c(Cl)c1)c1ccccc1. The molecule has 0 aliphatic carbocycles. The largest absolute Gasteiger partial charge is 0.370 e. The van der Waals surface area contributed by atoms with Crippen LogP contribution in [-0.4, -0.2) is 18.4 Å². The number of rotatable bonds is 5. The van der Waals surface area contributed by atoms with Gasteiger partial charge in [0.25, 0.3) is 0 Å². The summed E-state index contributed by atoms with van der Waals surface area (Å²) in [4.78, 5) is 25.3. The van der Waals surface area contributed by atoms with Crippen LogP contribution in [0.2, 0.25) is 5.02 Å². The fraction of sp³-hybridized carbons (Fsp3) is 0.222. The Hall–Kier alpha value is -2.53. The van der Waals surface area contributed by atoms with Gasteiger partial charge in [-0.05, 0) is 30.2 Å². The Bertz CT molecular complexity index is 764. The van der Waals surface area contributed by atoms with E-state index < -0.39 is 11.9 Å². The summed E-state index contributed by atoms with van der Waals surface area (Å²) >= 11 is 6.33. The van der Waals surface area contributed by atoms with Crippen molar-refractivity contribution in [3.63, 3.8) is 0 Å². The van der Waals surface area contributed by atoms with Crippen molar-refractivity contribution in [1.82, 2.24) is 0 Å². The number of nitrogens with one attached hydrogen (secondary N) is 1. The van der Waals surface area contributed by atoms with Gasteiger partial charge in [-0.3, -0.25) is 9.59 Å². The second-order valence-electron chi connectivity index (χ2n) is 5.71. The van der Waals surface area contributed by atoms with Gasteiger partial charge in [-0.25, -0.2) is 0 Å². The maximum absolute atomic E-state index is 11.9. The Morgan fingerprint density at radius 1 is 1.21 bits per heavy atom. The number of anilines is 2. The number of primary amides is 1. The van der Waals surface area contributed by atoms with Crippen LogP contribution in [0.1, 0.15) is 24.4 Å². The minimum Gasteiger partial charge on any atom is -0.370 e. The smallest absolute Gasteiger partial charge is 0.244 e. The van der Waals surface area contributed by atoms with Gasteiger partial charge in [0.15, 0.2) is 0 Å². The number of carbonyl (C=O) groups is 2. The number of nitrogens with two attached hydrogens (primary N) is 1. The Kier molecular flexibility index (Phi) is 4.71. The maximum atomic E-state index is 11.9. The molecule has 5 nitrogen and oxygen atoms in total. The maximum Gasteiger partial charge on any atom is 0.244 e. The average molecular weight is 344 g/mol. The van der Waals surface area contributed by atoms with Crippen LogP contribution in [0.3, 0.4) is 0 Å². The Labute approximate surface area is 145 Å². The average Bonchev–Trinajstić information content (AvgIpc) is 2.99. The second kappa shape index (κ2) is 6.93. The van der Waals surface area contributed by atoms with Gasteiger partial charge in [0, 0.05) is 18.7 Å². The monoisotopic (exact) mass is 343 g/mol. The van der Waals surface area contributed by atoms with Gasteiger partial charge in [-0.2, -0.15) is 0 Å². The van der Waals surface area contributed by atoms with E-state index in [1.807, 2.05) is 30.3 Å². The molecule has 3 rings (SSSR count). The zero-order valence-corrected chi connectivity index (χ0v) is 13.8. The van der Waals surface area contributed by atoms with Crippen LogP contribution in [0.4, 0.5) is 11.4 Å². The van der Waals surface area contributed by atoms with Crippen molar-refractivity contribution in [2.75, 3.05) is 16.8 Å². The molecule has 0 bridgehead atoms. The number of nitrogens with zero attached hydrogens (tertiary/aromatic N) is 1. The first kappa shape index (κ1) is 16.3. The standard InChI is InChI=1S/C18H18ClN3O2/c19-14-11-13(8-9-15(14)22-10-4-7-16(22)23)21-17(18(20)24)12-5-2-1-3-6-12/h1-3,5-6,8-9,11,17,21H,4,7,10H2,(H2,20,24). The fourth-order valence-electron chi connectivity index (χ4n) is 2.85. The molecular weight excluding hydrogens is 326 g/mol. The molecule has 1 aliphatic rings. The van der Waals surface area contributed by atoms with E-state index in [2.05, 4.69) is 5.32 Å². The van der Waals surface area contributed by atoms with Crippen LogP contribution < -0.4 is 16.0 Å². The molecule has 0 radical (unpaired) electrons. The van der Waals surface area contributed by atoms with Crippen LogP contribution in [0.25, 0.3) is 0 Å². The predicted octanol–water partition coefficient (Wildman–Crippen LogP) is 3.11. The summed E-state index contributed by atoms with van der Waals surface area (Å²) in [6, 6.07) is 13.9. The van der Waals surface area contributed by atoms with Crippen molar-refractivity contribution >= 4 is 34.8 Å². The first-order valence-corrected chi connectivity index (χ1v) is 8.15. The Balaban J connectivity index is 1.83. The molecule has 1 aliphatic heterocycles. The molecule has 0 spiro atoms. The third-order valence-electron chi connectivity index (χ3n) is 4.04. The highest BCUT2D eigenvalue weighted by Gasteiger charge is 2.24. The zero-order chi connectivity index (χ0) is 17.1. The van der Waals surface area contributed by atoms with Crippen molar-refractivity contribution in [3.05, 3.63) is 59.1 Å². The van der Waals surface area contributed by atoms with Gasteiger partial charge in [0.1, 0.15) is 6.04 Å². The number of amides is 2. The van der Waals surface area contributed by atoms with E-state index in [9.17, 15) is 9.59 Å². The number of hydrogen-bond acceptors (Lipinski definition) is 3. The molecule has 1 unspecified atom stereocenters. The third-order valence-corrected chi connectivity index (χ3v) is 4.34. The zero-order valence-electron chi connectivity index (χ0n) is 13.0. The van der Waals surface area contributed by atoms with Gasteiger partial charge in [-0.1, -0.05) is 41.9 Å². The fourth-order valence-corrected chi connectivity index (χ4v) is 3.13. The van der Waals surface area contributed by atoms with Crippen LogP contribution in [0.5, 0.6) is 0 Å². The second-order valence-corrected chi connectivity index (χ2v) is 6.11. The lowest BCUT2D eigenvalue weighted by molar-refractivity contribution is -0.119. The lowest BCUT2D eigenvalue weighted by Gasteiger charge is -2.20. The third kappa shape index (κ3) is 3.36. The minimum absolute atomic E-state index is 0.0805. The van der Waals surface area contributed by atoms with E-state index >= 15 is 0 Å². The highest BCUT2D eigenvalue weighted by molar-refractivity contribution is 6.34. The summed E-state index contributed by atoms with van der Waals surface area (Å²) in [6.07, 6.45) is 1.39. The van der Waals surface area contributed by atoms with Gasteiger partial charge in [0.2, 0.25) is 11.8 Å². The van der Waals surface area contributed by atoms with Crippen molar-refractivity contribution < 1.29 is 9.59 Å². The quantitative estimate of drug-likeness (QED) is 0.875. The van der Waals surface area contributed by atoms with Crippen molar-refractivity contribution in [3.8, 4) is 0 Å². The Morgan fingerprint density at radius 2 is 1.96 bits per heavy atom. The molecule has 124 valence electrons. The lowest BCUT2D eigenvalue weighted by atomic mass is 10.1. The topological polar surface area (TPSA) is 75.4 Å². The van der Waals surface area contributed by atoms with Crippen LogP contribution in [-0.2, 0) is 9.59 Å². The number of carbonyl (C=O) groups excluding carboxylic acids is 2. The molecule has 1 saturated heterocycles. The molecule has 2 aromatic carbocycles. The molecule has 0 saturated carbocycles. The lowest BCUT2D eigenvalue weighted by Crippen LogP contribution is -2.28. The summed E-state index contributed by atoms with van der Waals surface area (Å²) < 4.78 is 0. The van der Waals surface area contributed by atoms with Crippen LogP contribution >= 0.6 is 11.6 Å². The molecule has 6 heteroatoms. The summed E-state index contributed by atoms with van der Waals surface area (Å²) in [5.74, 6) is -0.395. The summed E-state index contributed by atoms with van der Waals surface area (Å²) in [6.45, 7) is 0.680. The number of benzene rings is 2. The molecule has 3 N–H and O–H groups in total. The predicted molar refractivity (Wildman–Crippen MR) is 95.0 cm³/mol. The molecule has 1 atom stereocenters. The molecule has 2 amide bonds. The number of hydrogen-bond donors (Lipinski definition) is 2. The van der Waals surface area contributed by atoms with Gasteiger partial charge < -0.3 is 16.0 Å².